The summed E-state index contributed by atoms with van der Waals surface area (Å²) in [5, 5.41) is 21.1. The average molecular weight is 460 g/mol. The number of aromatic nitrogens is 5. The fourth-order valence-corrected chi connectivity index (χ4v) is 3.81. The van der Waals surface area contributed by atoms with Gasteiger partial charge in [0, 0.05) is 29.3 Å². The van der Waals surface area contributed by atoms with E-state index in [1.807, 2.05) is 40.7 Å². The van der Waals surface area contributed by atoms with Crippen molar-refractivity contribution in [3.63, 3.8) is 0 Å². The molecule has 0 spiro atoms. The first-order valence-corrected chi connectivity index (χ1v) is 11.0. The number of hydrogen-bond donors (Lipinski definition) is 1. The average Bonchev–Trinajstić information content (AvgIpc) is 3.38. The maximum Gasteiger partial charge on any atom is 0.225 e. The Morgan fingerprint density at radius 2 is 1.91 bits per heavy atom. The van der Waals surface area contributed by atoms with Crippen molar-refractivity contribution in [3.8, 4) is 11.8 Å². The van der Waals surface area contributed by atoms with Crippen LogP contribution in [0.5, 0.6) is 0 Å². The highest BCUT2D eigenvalue weighted by atomic mass is 19.1. The third kappa shape index (κ3) is 4.39. The van der Waals surface area contributed by atoms with Crippen LogP contribution in [0.2, 0.25) is 0 Å². The second kappa shape index (κ2) is 8.71. The normalized spacial score (nSPS) is 11.6. The van der Waals surface area contributed by atoms with Gasteiger partial charge in [0.1, 0.15) is 23.3 Å². The van der Waals surface area contributed by atoms with Crippen LogP contribution in [0.15, 0.2) is 36.5 Å². The number of benzene rings is 1. The Bertz CT molecular complexity index is 1420. The van der Waals surface area contributed by atoms with Crippen molar-refractivity contribution in [3.05, 3.63) is 70.6 Å². The highest BCUT2D eigenvalue weighted by Gasteiger charge is 2.22. The Labute approximate surface area is 197 Å². The van der Waals surface area contributed by atoms with Gasteiger partial charge >= 0.3 is 0 Å². The molecule has 174 valence electrons. The first-order chi connectivity index (χ1) is 16.1. The number of rotatable bonds is 5. The smallest absolute Gasteiger partial charge is 0.225 e. The summed E-state index contributed by atoms with van der Waals surface area (Å²) in [4.78, 5) is 17.4. The molecule has 3 heterocycles. The summed E-state index contributed by atoms with van der Waals surface area (Å²) in [7, 11) is 0. The van der Waals surface area contributed by atoms with Crippen LogP contribution >= 0.6 is 0 Å². The molecule has 3 aromatic heterocycles. The highest BCUT2D eigenvalue weighted by Crippen LogP contribution is 2.27. The van der Waals surface area contributed by atoms with Crippen LogP contribution in [0.4, 0.5) is 10.2 Å². The SMILES string of the molecule is Cc1nc2c(C#N)cnn2c(C)c1CCC(=O)Nc1cc(C(C)(C)C)nn1-c1ccc(F)cc1. The highest BCUT2D eigenvalue weighted by molar-refractivity contribution is 5.90. The molecule has 8 nitrogen and oxygen atoms in total. The van der Waals surface area contributed by atoms with Crippen LogP contribution in [0.25, 0.3) is 11.3 Å². The van der Waals surface area contributed by atoms with Gasteiger partial charge in [-0.15, -0.1) is 0 Å². The van der Waals surface area contributed by atoms with Crippen molar-refractivity contribution in [1.29, 1.82) is 5.26 Å². The van der Waals surface area contributed by atoms with E-state index in [1.165, 1.54) is 18.3 Å². The van der Waals surface area contributed by atoms with Gasteiger partial charge in [0.05, 0.1) is 17.6 Å². The number of aryl methyl sites for hydroxylation is 2. The lowest BCUT2D eigenvalue weighted by Crippen LogP contribution is -2.16. The lowest BCUT2D eigenvalue weighted by molar-refractivity contribution is -0.116. The molecule has 0 atom stereocenters. The lowest BCUT2D eigenvalue weighted by Gasteiger charge is -2.14. The number of halogens is 1. The molecule has 1 amide bonds. The van der Waals surface area contributed by atoms with Gasteiger partial charge in [0.2, 0.25) is 5.91 Å². The molecule has 0 fully saturated rings. The second-order valence-electron chi connectivity index (χ2n) is 9.27. The van der Waals surface area contributed by atoms with E-state index in [0.29, 0.717) is 29.1 Å². The van der Waals surface area contributed by atoms with Crippen molar-refractivity contribution in [2.24, 2.45) is 0 Å². The predicted molar refractivity (Wildman–Crippen MR) is 126 cm³/mol. The number of carbonyl (C=O) groups is 1. The number of nitriles is 1. The number of nitrogens with one attached hydrogen (secondary N) is 1. The van der Waals surface area contributed by atoms with Gasteiger partial charge in [-0.05, 0) is 50.1 Å². The molecule has 0 aliphatic rings. The van der Waals surface area contributed by atoms with Crippen molar-refractivity contribution in [1.82, 2.24) is 24.4 Å². The van der Waals surface area contributed by atoms with Crippen LogP contribution in [-0.4, -0.2) is 30.3 Å². The van der Waals surface area contributed by atoms with E-state index in [2.05, 4.69) is 26.6 Å². The molecular formula is C25H26FN7O. The zero-order chi connectivity index (χ0) is 24.6. The van der Waals surface area contributed by atoms with Crippen molar-refractivity contribution < 1.29 is 9.18 Å². The summed E-state index contributed by atoms with van der Waals surface area (Å²) in [5.74, 6) is 0.00279. The summed E-state index contributed by atoms with van der Waals surface area (Å²) in [6.07, 6.45) is 2.18. The Morgan fingerprint density at radius 3 is 2.56 bits per heavy atom. The molecule has 0 saturated heterocycles. The zero-order valence-corrected chi connectivity index (χ0v) is 19.8. The predicted octanol–water partition coefficient (Wildman–Crippen LogP) is 4.41. The van der Waals surface area contributed by atoms with Crippen molar-refractivity contribution >= 4 is 17.4 Å². The Morgan fingerprint density at radius 1 is 1.21 bits per heavy atom. The van der Waals surface area contributed by atoms with Crippen LogP contribution in [0.3, 0.4) is 0 Å². The van der Waals surface area contributed by atoms with E-state index in [0.717, 1.165) is 22.6 Å². The molecule has 0 radical (unpaired) electrons. The first kappa shape index (κ1) is 23.1. The third-order valence-corrected chi connectivity index (χ3v) is 5.75. The Hall–Kier alpha value is -4.06. The molecule has 1 aromatic carbocycles. The largest absolute Gasteiger partial charge is 0.311 e. The second-order valence-corrected chi connectivity index (χ2v) is 9.27. The number of amides is 1. The van der Waals surface area contributed by atoms with Gasteiger partial charge < -0.3 is 5.32 Å². The van der Waals surface area contributed by atoms with E-state index in [-0.39, 0.29) is 23.6 Å². The van der Waals surface area contributed by atoms with Crippen LogP contribution in [0, 0.1) is 31.0 Å². The van der Waals surface area contributed by atoms with Crippen molar-refractivity contribution in [2.45, 2.75) is 52.9 Å². The maximum absolute atomic E-state index is 13.4. The summed E-state index contributed by atoms with van der Waals surface area (Å²) in [6, 6.07) is 9.91. The fourth-order valence-electron chi connectivity index (χ4n) is 3.81. The number of fused-ring (bicyclic) bond motifs is 1. The Kier molecular flexibility index (Phi) is 5.92. The Balaban J connectivity index is 1.57. The molecule has 4 rings (SSSR count). The topological polar surface area (TPSA) is 101 Å². The van der Waals surface area contributed by atoms with E-state index < -0.39 is 0 Å². The number of nitrogens with zero attached hydrogens (tertiary/aromatic N) is 6. The summed E-state index contributed by atoms with van der Waals surface area (Å²) < 4.78 is 16.7. The summed E-state index contributed by atoms with van der Waals surface area (Å²) >= 11 is 0. The monoisotopic (exact) mass is 459 g/mol. The van der Waals surface area contributed by atoms with Gasteiger partial charge in [0.15, 0.2) is 5.65 Å². The minimum atomic E-state index is -0.340. The van der Waals surface area contributed by atoms with Gasteiger partial charge in [0.25, 0.3) is 0 Å². The number of anilines is 1. The molecule has 4 aromatic rings. The van der Waals surface area contributed by atoms with Gasteiger partial charge in [-0.2, -0.15) is 15.5 Å². The first-order valence-electron chi connectivity index (χ1n) is 11.0. The third-order valence-electron chi connectivity index (χ3n) is 5.75. The van der Waals surface area contributed by atoms with Crippen LogP contribution in [0.1, 0.15) is 55.4 Å². The minimum Gasteiger partial charge on any atom is -0.311 e. The molecule has 0 bridgehead atoms. The maximum atomic E-state index is 13.4. The summed E-state index contributed by atoms with van der Waals surface area (Å²) in [5.41, 5.74) is 4.69. The quantitative estimate of drug-likeness (QED) is 0.476. The number of hydrogen-bond acceptors (Lipinski definition) is 5. The van der Waals surface area contributed by atoms with Crippen LogP contribution in [-0.2, 0) is 16.6 Å². The molecular weight excluding hydrogens is 433 g/mol. The van der Waals surface area contributed by atoms with E-state index in [1.54, 1.807) is 21.3 Å². The lowest BCUT2D eigenvalue weighted by atomic mass is 9.92. The van der Waals surface area contributed by atoms with E-state index in [9.17, 15) is 14.4 Å². The van der Waals surface area contributed by atoms with Gasteiger partial charge in [-0.1, -0.05) is 20.8 Å². The van der Waals surface area contributed by atoms with Crippen LogP contribution < -0.4 is 5.32 Å². The fraction of sp³-hybridized carbons (Fsp3) is 0.320. The molecule has 9 heteroatoms. The van der Waals surface area contributed by atoms with Crippen molar-refractivity contribution in [2.75, 3.05) is 5.32 Å². The van der Waals surface area contributed by atoms with Gasteiger partial charge in [-0.25, -0.2) is 18.6 Å². The molecule has 0 aliphatic heterocycles. The minimum absolute atomic E-state index is 0.180. The standard InChI is InChI=1S/C25H26FN7O/c1-15-20(16(2)32-24(29-15)17(13-27)14-28-32)10-11-23(34)30-22-12-21(25(3,4)5)31-33(22)19-8-6-18(26)7-9-19/h6-9,12,14H,10-11H2,1-5H3,(H,30,34). The van der Waals surface area contributed by atoms with E-state index in [4.69, 9.17) is 0 Å². The molecule has 0 unspecified atom stereocenters. The summed E-state index contributed by atoms with van der Waals surface area (Å²) in [6.45, 7) is 9.89. The van der Waals surface area contributed by atoms with Gasteiger partial charge in [-0.3, -0.25) is 4.79 Å². The number of carbonyl (C=O) groups excluding carboxylic acids is 1. The molecule has 0 aliphatic carbocycles. The molecule has 34 heavy (non-hydrogen) atoms. The van der Waals surface area contributed by atoms with E-state index >= 15 is 0 Å². The zero-order valence-electron chi connectivity index (χ0n) is 19.8. The molecule has 1 N–H and O–H groups in total. The molecule has 0 saturated carbocycles.